The van der Waals surface area contributed by atoms with Crippen molar-refractivity contribution in [2.75, 3.05) is 25.0 Å². The standard InChI is InChI=1S/C17H26N2/c1-2-17(9-5-6-10-17)13-18-11-14-12-19-16-8-4-3-7-15(14)16/h3-4,7-8,14,18-19H,2,5-6,9-13H2,1H3. The zero-order valence-corrected chi connectivity index (χ0v) is 12.0. The van der Waals surface area contributed by atoms with Gasteiger partial charge in [-0.25, -0.2) is 0 Å². The number of para-hydroxylation sites is 1. The predicted molar refractivity (Wildman–Crippen MR) is 81.7 cm³/mol. The van der Waals surface area contributed by atoms with E-state index in [9.17, 15) is 0 Å². The van der Waals surface area contributed by atoms with E-state index in [0.717, 1.165) is 13.1 Å². The third-order valence-electron chi connectivity index (χ3n) is 5.24. The maximum Gasteiger partial charge on any atom is 0.0376 e. The highest BCUT2D eigenvalue weighted by Gasteiger charge is 2.32. The number of rotatable bonds is 5. The summed E-state index contributed by atoms with van der Waals surface area (Å²) in [6, 6.07) is 8.74. The van der Waals surface area contributed by atoms with Crippen molar-refractivity contribution in [1.82, 2.24) is 5.32 Å². The normalized spacial score (nSPS) is 24.2. The fourth-order valence-electron chi connectivity index (χ4n) is 3.83. The van der Waals surface area contributed by atoms with Crippen molar-refractivity contribution < 1.29 is 0 Å². The Bertz CT molecular complexity index is 421. The molecule has 1 aromatic carbocycles. The molecule has 1 saturated carbocycles. The predicted octanol–water partition coefficient (Wildman–Crippen LogP) is 3.76. The van der Waals surface area contributed by atoms with Crippen LogP contribution in [-0.2, 0) is 0 Å². The van der Waals surface area contributed by atoms with Gasteiger partial charge < -0.3 is 10.6 Å². The first-order valence-electron chi connectivity index (χ1n) is 7.86. The van der Waals surface area contributed by atoms with Crippen LogP contribution in [0.2, 0.25) is 0 Å². The van der Waals surface area contributed by atoms with E-state index in [2.05, 4.69) is 41.8 Å². The number of anilines is 1. The molecule has 0 saturated heterocycles. The Morgan fingerprint density at radius 1 is 1.26 bits per heavy atom. The second-order valence-electron chi connectivity index (χ2n) is 6.36. The molecular weight excluding hydrogens is 232 g/mol. The van der Waals surface area contributed by atoms with Gasteiger partial charge in [0.2, 0.25) is 0 Å². The Hall–Kier alpha value is -1.02. The van der Waals surface area contributed by atoms with Crippen LogP contribution in [0.1, 0.15) is 50.5 Å². The summed E-state index contributed by atoms with van der Waals surface area (Å²) in [7, 11) is 0. The highest BCUT2D eigenvalue weighted by atomic mass is 15.0. The second-order valence-corrected chi connectivity index (χ2v) is 6.36. The van der Waals surface area contributed by atoms with Crippen LogP contribution < -0.4 is 10.6 Å². The first-order valence-corrected chi connectivity index (χ1v) is 7.86. The van der Waals surface area contributed by atoms with Crippen molar-refractivity contribution in [3.8, 4) is 0 Å². The Morgan fingerprint density at radius 3 is 2.84 bits per heavy atom. The van der Waals surface area contributed by atoms with Gasteiger partial charge in [0, 0.05) is 31.2 Å². The molecule has 2 N–H and O–H groups in total. The van der Waals surface area contributed by atoms with Crippen LogP contribution in [0.4, 0.5) is 5.69 Å². The van der Waals surface area contributed by atoms with Crippen LogP contribution in [0.5, 0.6) is 0 Å². The lowest BCUT2D eigenvalue weighted by Gasteiger charge is -2.28. The minimum absolute atomic E-state index is 0.603. The number of hydrogen-bond donors (Lipinski definition) is 2. The molecule has 1 unspecified atom stereocenters. The minimum Gasteiger partial charge on any atom is -0.384 e. The summed E-state index contributed by atoms with van der Waals surface area (Å²) in [4.78, 5) is 0. The van der Waals surface area contributed by atoms with Crippen molar-refractivity contribution in [2.24, 2.45) is 5.41 Å². The van der Waals surface area contributed by atoms with Crippen molar-refractivity contribution in [2.45, 2.75) is 44.9 Å². The topological polar surface area (TPSA) is 24.1 Å². The van der Waals surface area contributed by atoms with E-state index in [4.69, 9.17) is 0 Å². The molecule has 1 fully saturated rings. The van der Waals surface area contributed by atoms with Crippen LogP contribution in [0, 0.1) is 5.41 Å². The zero-order chi connectivity index (χ0) is 13.1. The van der Waals surface area contributed by atoms with Gasteiger partial charge in [-0.15, -0.1) is 0 Å². The van der Waals surface area contributed by atoms with Crippen LogP contribution in [0.15, 0.2) is 24.3 Å². The van der Waals surface area contributed by atoms with Gasteiger partial charge in [0.05, 0.1) is 0 Å². The largest absolute Gasteiger partial charge is 0.384 e. The summed E-state index contributed by atoms with van der Waals surface area (Å²) in [6.45, 7) is 5.78. The Morgan fingerprint density at radius 2 is 2.05 bits per heavy atom. The van der Waals surface area contributed by atoms with Crippen molar-refractivity contribution in [3.63, 3.8) is 0 Å². The van der Waals surface area contributed by atoms with Gasteiger partial charge >= 0.3 is 0 Å². The van der Waals surface area contributed by atoms with E-state index < -0.39 is 0 Å². The molecule has 0 spiro atoms. The molecule has 2 aliphatic rings. The lowest BCUT2D eigenvalue weighted by molar-refractivity contribution is 0.267. The minimum atomic E-state index is 0.603. The van der Waals surface area contributed by atoms with Crippen molar-refractivity contribution in [3.05, 3.63) is 29.8 Å². The highest BCUT2D eigenvalue weighted by molar-refractivity contribution is 5.57. The maximum atomic E-state index is 3.76. The second kappa shape index (κ2) is 5.54. The zero-order valence-electron chi connectivity index (χ0n) is 12.0. The summed E-state index contributed by atoms with van der Waals surface area (Å²) in [5.74, 6) is 0.645. The summed E-state index contributed by atoms with van der Waals surface area (Å²) >= 11 is 0. The Balaban J connectivity index is 1.54. The fraction of sp³-hybridized carbons (Fsp3) is 0.647. The summed E-state index contributed by atoms with van der Waals surface area (Å²) in [6.07, 6.45) is 7.05. The quantitative estimate of drug-likeness (QED) is 0.840. The van der Waals surface area contributed by atoms with E-state index in [0.29, 0.717) is 11.3 Å². The van der Waals surface area contributed by atoms with Crippen molar-refractivity contribution in [1.29, 1.82) is 0 Å². The molecule has 1 atom stereocenters. The first kappa shape index (κ1) is 13.0. The van der Waals surface area contributed by atoms with E-state index in [1.165, 1.54) is 49.9 Å². The van der Waals surface area contributed by atoms with Gasteiger partial charge in [-0.2, -0.15) is 0 Å². The molecule has 2 nitrogen and oxygen atoms in total. The molecule has 104 valence electrons. The van der Waals surface area contributed by atoms with E-state index >= 15 is 0 Å². The lowest BCUT2D eigenvalue weighted by Crippen LogP contribution is -2.34. The molecule has 1 aromatic rings. The number of nitrogens with one attached hydrogen (secondary N) is 2. The third kappa shape index (κ3) is 2.64. The molecule has 0 bridgehead atoms. The van der Waals surface area contributed by atoms with E-state index in [-0.39, 0.29) is 0 Å². The van der Waals surface area contributed by atoms with Gasteiger partial charge in [0.15, 0.2) is 0 Å². The van der Waals surface area contributed by atoms with Crippen LogP contribution in [0.25, 0.3) is 0 Å². The number of fused-ring (bicyclic) bond motifs is 1. The van der Waals surface area contributed by atoms with Gasteiger partial charge in [-0.05, 0) is 36.3 Å². The van der Waals surface area contributed by atoms with Crippen LogP contribution in [0.3, 0.4) is 0 Å². The Kier molecular flexibility index (Phi) is 3.79. The average Bonchev–Trinajstić information content (AvgIpc) is 3.07. The highest BCUT2D eigenvalue weighted by Crippen LogP contribution is 2.40. The maximum absolute atomic E-state index is 3.76. The van der Waals surface area contributed by atoms with Gasteiger partial charge in [-0.1, -0.05) is 38.0 Å². The molecule has 0 amide bonds. The molecule has 0 radical (unpaired) electrons. The summed E-state index contributed by atoms with van der Waals surface area (Å²) < 4.78 is 0. The molecule has 1 aliphatic heterocycles. The molecule has 1 aliphatic carbocycles. The smallest absolute Gasteiger partial charge is 0.0376 e. The van der Waals surface area contributed by atoms with E-state index in [1.807, 2.05) is 0 Å². The Labute approximate surface area is 117 Å². The number of benzene rings is 1. The van der Waals surface area contributed by atoms with E-state index in [1.54, 1.807) is 0 Å². The molecular formula is C17H26N2. The molecule has 0 aromatic heterocycles. The SMILES string of the molecule is CCC1(CNCC2CNc3ccccc32)CCCC1. The fourth-order valence-corrected chi connectivity index (χ4v) is 3.83. The summed E-state index contributed by atoms with van der Waals surface area (Å²) in [5.41, 5.74) is 3.43. The molecule has 19 heavy (non-hydrogen) atoms. The molecule has 1 heterocycles. The van der Waals surface area contributed by atoms with Gasteiger partial charge in [-0.3, -0.25) is 0 Å². The van der Waals surface area contributed by atoms with Gasteiger partial charge in [0.25, 0.3) is 0 Å². The first-order chi connectivity index (χ1) is 9.33. The van der Waals surface area contributed by atoms with Gasteiger partial charge in [0.1, 0.15) is 0 Å². The monoisotopic (exact) mass is 258 g/mol. The third-order valence-corrected chi connectivity index (χ3v) is 5.24. The van der Waals surface area contributed by atoms with Crippen LogP contribution >= 0.6 is 0 Å². The summed E-state index contributed by atoms with van der Waals surface area (Å²) in [5, 5.41) is 7.27. The van der Waals surface area contributed by atoms with Crippen LogP contribution in [-0.4, -0.2) is 19.6 Å². The molecule has 2 heteroatoms. The molecule has 3 rings (SSSR count). The number of hydrogen-bond acceptors (Lipinski definition) is 2. The van der Waals surface area contributed by atoms with Crippen molar-refractivity contribution >= 4 is 5.69 Å². The lowest BCUT2D eigenvalue weighted by atomic mass is 9.83. The average molecular weight is 258 g/mol.